The first-order chi connectivity index (χ1) is 7.22. The van der Waals surface area contributed by atoms with E-state index in [4.69, 9.17) is 16.2 Å². The first-order valence-electron chi connectivity index (χ1n) is 4.57. The Labute approximate surface area is 98.9 Å². The molecule has 0 aliphatic heterocycles. The molecule has 84 valence electrons. The summed E-state index contributed by atoms with van der Waals surface area (Å²) in [4.78, 5) is 2.10. The van der Waals surface area contributed by atoms with Gasteiger partial charge in [0, 0.05) is 16.3 Å². The van der Waals surface area contributed by atoms with Crippen LogP contribution in [0.15, 0.2) is 21.9 Å². The van der Waals surface area contributed by atoms with Gasteiger partial charge in [0.2, 0.25) is 0 Å². The summed E-state index contributed by atoms with van der Waals surface area (Å²) in [6.07, 6.45) is 4.00. The topological polar surface area (TPSA) is 61.3 Å². The first kappa shape index (κ1) is 12.5. The molecule has 0 aliphatic carbocycles. The number of ether oxygens (including phenoxy) is 1. The van der Waals surface area contributed by atoms with E-state index in [0.29, 0.717) is 13.2 Å². The average Bonchev–Trinajstić information content (AvgIpc) is 2.27. The van der Waals surface area contributed by atoms with E-state index >= 15 is 0 Å². The Morgan fingerprint density at radius 1 is 1.20 bits per heavy atom. The maximum atomic E-state index is 5.98. The summed E-state index contributed by atoms with van der Waals surface area (Å²) in [5, 5.41) is 0. The fourth-order valence-corrected chi connectivity index (χ4v) is 2.37. The monoisotopic (exact) mass is 244 g/mol. The van der Waals surface area contributed by atoms with Crippen molar-refractivity contribution in [2.75, 3.05) is 31.4 Å². The van der Waals surface area contributed by atoms with Crippen molar-refractivity contribution in [1.29, 1.82) is 0 Å². The SMILES string of the molecule is CSc1cc(OCCN)cc(SC)c1N. The summed E-state index contributed by atoms with van der Waals surface area (Å²) in [5.74, 6) is 0.836. The molecule has 3 nitrogen and oxygen atoms in total. The van der Waals surface area contributed by atoms with E-state index in [0.717, 1.165) is 21.2 Å². The van der Waals surface area contributed by atoms with E-state index in [2.05, 4.69) is 0 Å². The van der Waals surface area contributed by atoms with Gasteiger partial charge in [0.15, 0.2) is 0 Å². The third kappa shape index (κ3) is 3.22. The van der Waals surface area contributed by atoms with Gasteiger partial charge in [-0.2, -0.15) is 0 Å². The number of thioether (sulfide) groups is 2. The second-order valence-electron chi connectivity index (χ2n) is 2.88. The molecule has 4 N–H and O–H groups in total. The molecule has 0 unspecified atom stereocenters. The number of rotatable bonds is 5. The van der Waals surface area contributed by atoms with Gasteiger partial charge < -0.3 is 16.2 Å². The van der Waals surface area contributed by atoms with Crippen molar-refractivity contribution in [1.82, 2.24) is 0 Å². The third-order valence-electron chi connectivity index (χ3n) is 1.90. The van der Waals surface area contributed by atoms with Crippen LogP contribution in [0.25, 0.3) is 0 Å². The van der Waals surface area contributed by atoms with Gasteiger partial charge in [-0.15, -0.1) is 23.5 Å². The quantitative estimate of drug-likeness (QED) is 0.613. The van der Waals surface area contributed by atoms with Gasteiger partial charge in [0.1, 0.15) is 12.4 Å². The molecule has 5 heteroatoms. The molecular weight excluding hydrogens is 228 g/mol. The lowest BCUT2D eigenvalue weighted by Gasteiger charge is -2.11. The van der Waals surface area contributed by atoms with Crippen molar-refractivity contribution in [3.05, 3.63) is 12.1 Å². The van der Waals surface area contributed by atoms with Gasteiger partial charge >= 0.3 is 0 Å². The summed E-state index contributed by atoms with van der Waals surface area (Å²) >= 11 is 3.25. The van der Waals surface area contributed by atoms with Crippen LogP contribution in [0.5, 0.6) is 5.75 Å². The largest absolute Gasteiger partial charge is 0.492 e. The molecule has 1 rings (SSSR count). The molecule has 0 heterocycles. The summed E-state index contributed by atoms with van der Waals surface area (Å²) in [6.45, 7) is 1.05. The van der Waals surface area contributed by atoms with Gasteiger partial charge in [-0.05, 0) is 24.6 Å². The highest BCUT2D eigenvalue weighted by atomic mass is 32.2. The Hall–Kier alpha value is -0.520. The van der Waals surface area contributed by atoms with Gasteiger partial charge in [-0.25, -0.2) is 0 Å². The number of anilines is 1. The molecule has 0 atom stereocenters. The smallest absolute Gasteiger partial charge is 0.121 e. The number of hydrogen-bond donors (Lipinski definition) is 2. The lowest BCUT2D eigenvalue weighted by molar-refractivity contribution is 0.327. The molecule has 15 heavy (non-hydrogen) atoms. The number of nitrogen functional groups attached to an aromatic ring is 1. The van der Waals surface area contributed by atoms with Crippen LogP contribution in [0, 0.1) is 0 Å². The fourth-order valence-electron chi connectivity index (χ4n) is 1.17. The first-order valence-corrected chi connectivity index (χ1v) is 7.02. The van der Waals surface area contributed by atoms with E-state index in [-0.39, 0.29) is 0 Å². The highest BCUT2D eigenvalue weighted by molar-refractivity contribution is 7.99. The van der Waals surface area contributed by atoms with Crippen LogP contribution in [-0.4, -0.2) is 25.7 Å². The zero-order valence-corrected chi connectivity index (χ0v) is 10.6. The number of nitrogens with two attached hydrogens (primary N) is 2. The fraction of sp³-hybridized carbons (Fsp3) is 0.400. The van der Waals surface area contributed by atoms with Gasteiger partial charge in [0.05, 0.1) is 5.69 Å². The molecule has 1 aromatic rings. The second-order valence-corrected chi connectivity index (χ2v) is 4.57. The average molecular weight is 244 g/mol. The molecule has 0 aromatic heterocycles. The zero-order chi connectivity index (χ0) is 11.3. The maximum Gasteiger partial charge on any atom is 0.121 e. The molecule has 0 spiro atoms. The van der Waals surface area contributed by atoms with Gasteiger partial charge in [-0.1, -0.05) is 0 Å². The lowest BCUT2D eigenvalue weighted by atomic mass is 10.3. The molecule has 1 aromatic carbocycles. The minimum Gasteiger partial charge on any atom is -0.492 e. The van der Waals surface area contributed by atoms with Crippen LogP contribution in [0.4, 0.5) is 5.69 Å². The standard InChI is InChI=1S/C10H16N2OS2/c1-14-8-5-7(13-4-3-11)6-9(15-2)10(8)12/h5-6H,3-4,11-12H2,1-2H3. The minimum atomic E-state index is 0.521. The molecule has 0 aliphatic rings. The van der Waals surface area contributed by atoms with E-state index in [1.54, 1.807) is 23.5 Å². The van der Waals surface area contributed by atoms with Crippen molar-refractivity contribution in [2.24, 2.45) is 5.73 Å². The van der Waals surface area contributed by atoms with Crippen molar-refractivity contribution >= 4 is 29.2 Å². The predicted molar refractivity (Wildman–Crippen MR) is 69.0 cm³/mol. The van der Waals surface area contributed by atoms with E-state index in [9.17, 15) is 0 Å². The molecule has 0 bridgehead atoms. The predicted octanol–water partition coefficient (Wildman–Crippen LogP) is 2.05. The Balaban J connectivity index is 2.98. The van der Waals surface area contributed by atoms with Crippen LogP contribution in [0.1, 0.15) is 0 Å². The van der Waals surface area contributed by atoms with Crippen LogP contribution in [0.3, 0.4) is 0 Å². The summed E-state index contributed by atoms with van der Waals surface area (Å²) < 4.78 is 5.49. The van der Waals surface area contributed by atoms with Crippen LogP contribution in [-0.2, 0) is 0 Å². The lowest BCUT2D eigenvalue weighted by Crippen LogP contribution is -2.10. The van der Waals surface area contributed by atoms with Crippen LogP contribution >= 0.6 is 23.5 Å². The zero-order valence-electron chi connectivity index (χ0n) is 8.95. The van der Waals surface area contributed by atoms with Crippen molar-refractivity contribution in [3.8, 4) is 5.75 Å². The molecule has 0 saturated heterocycles. The Morgan fingerprint density at radius 2 is 1.73 bits per heavy atom. The van der Waals surface area contributed by atoms with Crippen LogP contribution in [0.2, 0.25) is 0 Å². The summed E-state index contributed by atoms with van der Waals surface area (Å²) in [5.41, 5.74) is 12.2. The van der Waals surface area contributed by atoms with E-state index in [1.165, 1.54) is 0 Å². The summed E-state index contributed by atoms with van der Waals surface area (Å²) in [7, 11) is 0. The minimum absolute atomic E-state index is 0.521. The molecule has 0 amide bonds. The molecular formula is C10H16N2OS2. The highest BCUT2D eigenvalue weighted by Crippen LogP contribution is 2.35. The van der Waals surface area contributed by atoms with E-state index < -0.39 is 0 Å². The van der Waals surface area contributed by atoms with Crippen LogP contribution < -0.4 is 16.2 Å². The molecule has 0 fully saturated rings. The second kappa shape index (κ2) is 6.15. The molecule has 0 saturated carbocycles. The Morgan fingerprint density at radius 3 is 2.13 bits per heavy atom. The van der Waals surface area contributed by atoms with Crippen molar-refractivity contribution in [3.63, 3.8) is 0 Å². The van der Waals surface area contributed by atoms with E-state index in [1.807, 2.05) is 24.6 Å². The highest BCUT2D eigenvalue weighted by Gasteiger charge is 2.07. The normalized spacial score (nSPS) is 10.3. The molecule has 0 radical (unpaired) electrons. The van der Waals surface area contributed by atoms with Gasteiger partial charge in [0.25, 0.3) is 0 Å². The van der Waals surface area contributed by atoms with Crippen molar-refractivity contribution < 1.29 is 4.74 Å². The Kier molecular flexibility index (Phi) is 5.14. The van der Waals surface area contributed by atoms with Crippen molar-refractivity contribution in [2.45, 2.75) is 9.79 Å². The Bertz CT molecular complexity index is 306. The van der Waals surface area contributed by atoms with Gasteiger partial charge in [-0.3, -0.25) is 0 Å². The number of hydrogen-bond acceptors (Lipinski definition) is 5. The third-order valence-corrected chi connectivity index (χ3v) is 3.46. The summed E-state index contributed by atoms with van der Waals surface area (Å²) in [6, 6.07) is 3.91. The maximum absolute atomic E-state index is 5.98. The number of benzene rings is 1.